The SMILES string of the molecule is CC(C)(C)OC(=O)n1ccc2c(Br)c(Br)ncc21. The molecule has 0 bridgehead atoms. The van der Waals surface area contributed by atoms with Crippen molar-refractivity contribution < 1.29 is 9.53 Å². The third-order valence-electron chi connectivity index (χ3n) is 2.23. The highest BCUT2D eigenvalue weighted by Gasteiger charge is 2.20. The van der Waals surface area contributed by atoms with E-state index in [9.17, 15) is 4.79 Å². The number of hydrogen-bond acceptors (Lipinski definition) is 3. The summed E-state index contributed by atoms with van der Waals surface area (Å²) in [5, 5.41) is 0.905. The second kappa shape index (κ2) is 4.66. The van der Waals surface area contributed by atoms with Crippen molar-refractivity contribution >= 4 is 48.9 Å². The van der Waals surface area contributed by atoms with Crippen LogP contribution >= 0.6 is 31.9 Å². The lowest BCUT2D eigenvalue weighted by Gasteiger charge is -2.19. The third kappa shape index (κ3) is 2.59. The van der Waals surface area contributed by atoms with Crippen LogP contribution in [0.25, 0.3) is 10.9 Å². The number of carbonyl (C=O) groups excluding carboxylic acids is 1. The van der Waals surface area contributed by atoms with Crippen molar-refractivity contribution in [2.75, 3.05) is 0 Å². The van der Waals surface area contributed by atoms with E-state index >= 15 is 0 Å². The Bertz CT molecular complexity index is 614. The van der Waals surface area contributed by atoms with Crippen LogP contribution in [0.15, 0.2) is 27.5 Å². The molecular formula is C12H12Br2N2O2. The maximum atomic E-state index is 12.0. The number of carbonyl (C=O) groups is 1. The summed E-state index contributed by atoms with van der Waals surface area (Å²) < 4.78 is 8.31. The van der Waals surface area contributed by atoms with Gasteiger partial charge in [0.15, 0.2) is 0 Å². The Balaban J connectivity index is 2.48. The van der Waals surface area contributed by atoms with Crippen molar-refractivity contribution in [1.29, 1.82) is 0 Å². The highest BCUT2D eigenvalue weighted by atomic mass is 79.9. The Hall–Kier alpha value is -0.880. The van der Waals surface area contributed by atoms with Gasteiger partial charge in [0.25, 0.3) is 0 Å². The van der Waals surface area contributed by atoms with E-state index in [4.69, 9.17) is 4.74 Å². The Morgan fingerprint density at radius 2 is 2.06 bits per heavy atom. The molecule has 18 heavy (non-hydrogen) atoms. The first kappa shape index (κ1) is 13.5. The van der Waals surface area contributed by atoms with E-state index in [1.807, 2.05) is 26.8 Å². The number of ether oxygens (including phenoxy) is 1. The van der Waals surface area contributed by atoms with Gasteiger partial charge in [-0.2, -0.15) is 0 Å². The number of hydrogen-bond donors (Lipinski definition) is 0. The van der Waals surface area contributed by atoms with Crippen molar-refractivity contribution in [3.63, 3.8) is 0 Å². The monoisotopic (exact) mass is 374 g/mol. The second-order valence-electron chi connectivity index (χ2n) is 4.83. The number of pyridine rings is 1. The minimum atomic E-state index is -0.520. The van der Waals surface area contributed by atoms with E-state index in [1.165, 1.54) is 4.57 Å². The lowest BCUT2D eigenvalue weighted by molar-refractivity contribution is 0.0544. The first-order valence-corrected chi connectivity index (χ1v) is 6.92. The fraction of sp³-hybridized carbons (Fsp3) is 0.333. The van der Waals surface area contributed by atoms with Gasteiger partial charge in [-0.05, 0) is 58.7 Å². The number of fused-ring (bicyclic) bond motifs is 1. The van der Waals surface area contributed by atoms with Gasteiger partial charge in [0.2, 0.25) is 0 Å². The molecule has 2 aromatic heterocycles. The minimum absolute atomic E-state index is 0.409. The van der Waals surface area contributed by atoms with Crippen molar-refractivity contribution in [2.24, 2.45) is 0 Å². The Labute approximate surface area is 122 Å². The minimum Gasteiger partial charge on any atom is -0.443 e. The molecule has 2 rings (SSSR count). The van der Waals surface area contributed by atoms with Crippen molar-refractivity contribution in [2.45, 2.75) is 26.4 Å². The predicted molar refractivity (Wildman–Crippen MR) is 76.8 cm³/mol. The maximum absolute atomic E-state index is 12.0. The molecule has 0 atom stereocenters. The molecule has 0 unspecified atom stereocenters. The zero-order chi connectivity index (χ0) is 13.5. The van der Waals surface area contributed by atoms with E-state index in [0.29, 0.717) is 10.1 Å². The molecule has 2 aromatic rings. The first-order chi connectivity index (χ1) is 8.29. The third-order valence-corrected chi connectivity index (χ3v) is 4.17. The van der Waals surface area contributed by atoms with E-state index in [0.717, 1.165) is 9.86 Å². The van der Waals surface area contributed by atoms with Crippen LogP contribution in [0.2, 0.25) is 0 Å². The van der Waals surface area contributed by atoms with Gasteiger partial charge in [0.1, 0.15) is 10.2 Å². The van der Waals surface area contributed by atoms with Gasteiger partial charge >= 0.3 is 6.09 Å². The summed E-state index contributed by atoms with van der Waals surface area (Å²) in [6, 6.07) is 1.84. The molecule has 0 spiro atoms. The highest BCUT2D eigenvalue weighted by molar-refractivity contribution is 9.13. The molecule has 0 amide bonds. The number of aromatic nitrogens is 2. The van der Waals surface area contributed by atoms with Crippen molar-refractivity contribution in [1.82, 2.24) is 9.55 Å². The lowest BCUT2D eigenvalue weighted by atomic mass is 10.2. The summed E-state index contributed by atoms with van der Waals surface area (Å²) in [7, 11) is 0. The van der Waals surface area contributed by atoms with Crippen LogP contribution in [0.4, 0.5) is 4.79 Å². The van der Waals surface area contributed by atoms with Crippen molar-refractivity contribution in [3.05, 3.63) is 27.5 Å². The van der Waals surface area contributed by atoms with Crippen LogP contribution in [0, 0.1) is 0 Å². The van der Waals surface area contributed by atoms with Crippen molar-refractivity contribution in [3.8, 4) is 0 Å². The van der Waals surface area contributed by atoms with E-state index in [-0.39, 0.29) is 0 Å². The van der Waals surface area contributed by atoms with Gasteiger partial charge in [0.05, 0.1) is 16.2 Å². The molecule has 0 aliphatic rings. The largest absolute Gasteiger partial charge is 0.443 e. The molecule has 0 N–H and O–H groups in total. The standard InChI is InChI=1S/C12H12Br2N2O2/c1-12(2,3)18-11(17)16-5-4-7-8(16)6-15-10(14)9(7)13/h4-6H,1-3H3. The quantitative estimate of drug-likeness (QED) is 0.643. The molecule has 0 saturated heterocycles. The summed E-state index contributed by atoms with van der Waals surface area (Å²) >= 11 is 6.76. The van der Waals surface area contributed by atoms with Crippen LogP contribution in [0.3, 0.4) is 0 Å². The predicted octanol–water partition coefficient (Wildman–Crippen LogP) is 4.34. The van der Waals surface area contributed by atoms with E-state index in [2.05, 4.69) is 36.8 Å². The van der Waals surface area contributed by atoms with Crippen LogP contribution in [0.1, 0.15) is 20.8 Å². The molecule has 0 saturated carbocycles. The van der Waals surface area contributed by atoms with Gasteiger partial charge in [-0.1, -0.05) is 0 Å². The van der Waals surface area contributed by atoms with Gasteiger partial charge in [-0.3, -0.25) is 4.57 Å². The summed E-state index contributed by atoms with van der Waals surface area (Å²) in [6.45, 7) is 5.50. The fourth-order valence-electron chi connectivity index (χ4n) is 1.52. The van der Waals surface area contributed by atoms with Gasteiger partial charge in [-0.25, -0.2) is 9.78 Å². The van der Waals surface area contributed by atoms with Crippen LogP contribution in [-0.4, -0.2) is 21.2 Å². The fourth-order valence-corrected chi connectivity index (χ4v) is 2.27. The number of nitrogens with zero attached hydrogens (tertiary/aromatic N) is 2. The molecule has 2 heterocycles. The zero-order valence-electron chi connectivity index (χ0n) is 10.2. The Morgan fingerprint density at radius 3 is 2.67 bits per heavy atom. The Kier molecular flexibility index (Phi) is 3.51. The molecule has 0 aliphatic carbocycles. The molecule has 0 fully saturated rings. The lowest BCUT2D eigenvalue weighted by Crippen LogP contribution is -2.26. The van der Waals surface area contributed by atoms with Gasteiger partial charge in [-0.15, -0.1) is 0 Å². The molecule has 0 aromatic carbocycles. The molecule has 0 radical (unpaired) electrons. The number of halogens is 2. The summed E-state index contributed by atoms with van der Waals surface area (Å²) in [6.07, 6.45) is 2.90. The van der Waals surface area contributed by atoms with E-state index < -0.39 is 11.7 Å². The summed E-state index contributed by atoms with van der Waals surface area (Å²) in [4.78, 5) is 16.2. The van der Waals surface area contributed by atoms with Crippen LogP contribution < -0.4 is 0 Å². The second-order valence-corrected chi connectivity index (χ2v) is 6.37. The van der Waals surface area contributed by atoms with Gasteiger partial charge < -0.3 is 4.74 Å². The zero-order valence-corrected chi connectivity index (χ0v) is 13.4. The first-order valence-electron chi connectivity index (χ1n) is 5.34. The van der Waals surface area contributed by atoms with Crippen LogP contribution in [0.5, 0.6) is 0 Å². The average molecular weight is 376 g/mol. The summed E-state index contributed by atoms with van der Waals surface area (Å²) in [5.74, 6) is 0. The molecule has 96 valence electrons. The molecular weight excluding hydrogens is 364 g/mol. The Morgan fingerprint density at radius 1 is 1.39 bits per heavy atom. The molecule has 0 aliphatic heterocycles. The molecule has 4 nitrogen and oxygen atoms in total. The topological polar surface area (TPSA) is 44.1 Å². The number of rotatable bonds is 0. The normalized spacial score (nSPS) is 11.8. The smallest absolute Gasteiger partial charge is 0.419 e. The van der Waals surface area contributed by atoms with Gasteiger partial charge in [0, 0.05) is 11.6 Å². The van der Waals surface area contributed by atoms with Crippen LogP contribution in [-0.2, 0) is 4.74 Å². The average Bonchev–Trinajstić information content (AvgIpc) is 2.65. The summed E-state index contributed by atoms with van der Waals surface area (Å²) in [5.41, 5.74) is 0.188. The maximum Gasteiger partial charge on any atom is 0.419 e. The molecule has 6 heteroatoms. The highest BCUT2D eigenvalue weighted by Crippen LogP contribution is 2.30. The van der Waals surface area contributed by atoms with E-state index in [1.54, 1.807) is 12.4 Å².